The van der Waals surface area contributed by atoms with Gasteiger partial charge in [0.05, 0.1) is 18.6 Å². The van der Waals surface area contributed by atoms with Crippen molar-refractivity contribution in [2.75, 3.05) is 19.0 Å². The highest BCUT2D eigenvalue weighted by Crippen LogP contribution is 2.44. The monoisotopic (exact) mass is 202 g/mol. The number of methoxy groups -OCH3 is 1. The molecule has 0 aromatic heterocycles. The first-order valence-electron chi connectivity index (χ1n) is 5.07. The predicted molar refractivity (Wildman–Crippen MR) is 58.8 cm³/mol. The van der Waals surface area contributed by atoms with Crippen LogP contribution in [0, 0.1) is 16.7 Å². The van der Waals surface area contributed by atoms with Gasteiger partial charge in [-0.3, -0.25) is 0 Å². The second-order valence-electron chi connectivity index (χ2n) is 3.98. The summed E-state index contributed by atoms with van der Waals surface area (Å²) in [5, 5.41) is 12.2. The summed E-state index contributed by atoms with van der Waals surface area (Å²) in [6.07, 6.45) is 2.03. The highest BCUT2D eigenvalue weighted by Gasteiger charge is 2.42. The van der Waals surface area contributed by atoms with Gasteiger partial charge < -0.3 is 10.1 Å². The minimum absolute atomic E-state index is 0.108. The van der Waals surface area contributed by atoms with Crippen LogP contribution in [0.2, 0.25) is 0 Å². The van der Waals surface area contributed by atoms with Crippen molar-refractivity contribution in [1.82, 2.24) is 0 Å². The lowest BCUT2D eigenvalue weighted by atomic mass is 10.1. The second-order valence-corrected chi connectivity index (χ2v) is 3.98. The maximum absolute atomic E-state index is 8.92. The van der Waals surface area contributed by atoms with E-state index >= 15 is 0 Å². The zero-order valence-corrected chi connectivity index (χ0v) is 8.79. The summed E-state index contributed by atoms with van der Waals surface area (Å²) >= 11 is 0. The van der Waals surface area contributed by atoms with Crippen LogP contribution in [0.5, 0.6) is 5.75 Å². The molecule has 0 unspecified atom stereocenters. The van der Waals surface area contributed by atoms with Crippen molar-refractivity contribution in [3.05, 3.63) is 24.3 Å². The lowest BCUT2D eigenvalue weighted by Crippen LogP contribution is -2.13. The fourth-order valence-electron chi connectivity index (χ4n) is 1.48. The number of nitriles is 1. The molecule has 1 saturated carbocycles. The SMILES string of the molecule is COc1cccc(NCC2(C#N)CC2)c1. The van der Waals surface area contributed by atoms with Gasteiger partial charge in [-0.15, -0.1) is 0 Å². The van der Waals surface area contributed by atoms with E-state index < -0.39 is 0 Å². The van der Waals surface area contributed by atoms with Gasteiger partial charge in [0.25, 0.3) is 0 Å². The zero-order chi connectivity index (χ0) is 10.7. The number of hydrogen-bond donors (Lipinski definition) is 1. The molecule has 3 nitrogen and oxygen atoms in total. The highest BCUT2D eigenvalue weighted by atomic mass is 16.5. The molecule has 2 rings (SSSR count). The van der Waals surface area contributed by atoms with Gasteiger partial charge in [-0.25, -0.2) is 0 Å². The molecular formula is C12H14N2O. The number of ether oxygens (including phenoxy) is 1. The summed E-state index contributed by atoms with van der Waals surface area (Å²) in [7, 11) is 1.65. The molecule has 1 aromatic carbocycles. The van der Waals surface area contributed by atoms with Crippen molar-refractivity contribution in [3.63, 3.8) is 0 Å². The fraction of sp³-hybridized carbons (Fsp3) is 0.417. The van der Waals surface area contributed by atoms with Crippen molar-refractivity contribution >= 4 is 5.69 Å². The Kier molecular flexibility index (Phi) is 2.51. The van der Waals surface area contributed by atoms with Gasteiger partial charge in [0, 0.05) is 18.3 Å². The summed E-state index contributed by atoms with van der Waals surface area (Å²) in [5.41, 5.74) is 0.902. The van der Waals surface area contributed by atoms with E-state index in [4.69, 9.17) is 10.00 Å². The Labute approximate surface area is 89.7 Å². The number of anilines is 1. The van der Waals surface area contributed by atoms with Gasteiger partial charge in [0.2, 0.25) is 0 Å². The Bertz CT molecular complexity index is 391. The number of rotatable bonds is 4. The van der Waals surface area contributed by atoms with E-state index in [1.807, 2.05) is 24.3 Å². The molecule has 1 N–H and O–H groups in total. The Morgan fingerprint density at radius 1 is 1.53 bits per heavy atom. The van der Waals surface area contributed by atoms with E-state index in [-0.39, 0.29) is 5.41 Å². The number of benzene rings is 1. The molecule has 0 spiro atoms. The van der Waals surface area contributed by atoms with Gasteiger partial charge in [-0.1, -0.05) is 6.07 Å². The first kappa shape index (κ1) is 9.85. The van der Waals surface area contributed by atoms with Crippen LogP contribution in [0.4, 0.5) is 5.69 Å². The molecule has 78 valence electrons. The van der Waals surface area contributed by atoms with Gasteiger partial charge in [-0.2, -0.15) is 5.26 Å². The first-order chi connectivity index (χ1) is 7.28. The maximum Gasteiger partial charge on any atom is 0.120 e. The summed E-state index contributed by atoms with van der Waals surface area (Å²) in [5.74, 6) is 0.835. The van der Waals surface area contributed by atoms with E-state index in [2.05, 4.69) is 11.4 Å². The van der Waals surface area contributed by atoms with Crippen LogP contribution in [-0.4, -0.2) is 13.7 Å². The Morgan fingerprint density at radius 2 is 2.33 bits per heavy atom. The van der Waals surface area contributed by atoms with Crippen molar-refractivity contribution in [2.45, 2.75) is 12.8 Å². The van der Waals surface area contributed by atoms with Gasteiger partial charge in [-0.05, 0) is 25.0 Å². The minimum atomic E-state index is -0.108. The zero-order valence-electron chi connectivity index (χ0n) is 8.79. The highest BCUT2D eigenvalue weighted by molar-refractivity contribution is 5.48. The molecule has 0 amide bonds. The largest absolute Gasteiger partial charge is 0.497 e. The molecule has 0 saturated heterocycles. The molecule has 15 heavy (non-hydrogen) atoms. The molecule has 0 atom stereocenters. The average Bonchev–Trinajstić information content (AvgIpc) is 3.07. The molecule has 0 aliphatic heterocycles. The van der Waals surface area contributed by atoms with Crippen LogP contribution in [0.3, 0.4) is 0 Å². The molecule has 0 radical (unpaired) electrons. The van der Waals surface area contributed by atoms with Crippen molar-refractivity contribution < 1.29 is 4.74 Å². The molecule has 1 aliphatic rings. The topological polar surface area (TPSA) is 45.0 Å². The predicted octanol–water partition coefficient (Wildman–Crippen LogP) is 2.41. The summed E-state index contributed by atoms with van der Waals surface area (Å²) in [6.45, 7) is 0.733. The quantitative estimate of drug-likeness (QED) is 0.815. The summed E-state index contributed by atoms with van der Waals surface area (Å²) in [4.78, 5) is 0. The van der Waals surface area contributed by atoms with Crippen molar-refractivity contribution in [2.24, 2.45) is 5.41 Å². The molecule has 0 heterocycles. The average molecular weight is 202 g/mol. The third kappa shape index (κ3) is 2.21. The maximum atomic E-state index is 8.92. The standard InChI is InChI=1S/C12H14N2O/c1-15-11-4-2-3-10(7-11)14-9-12(8-13)5-6-12/h2-4,7,14H,5-6,9H2,1H3. The minimum Gasteiger partial charge on any atom is -0.497 e. The van der Waals surface area contributed by atoms with Crippen LogP contribution in [0.25, 0.3) is 0 Å². The lowest BCUT2D eigenvalue weighted by molar-refractivity contribution is 0.415. The molecule has 1 fully saturated rings. The van der Waals surface area contributed by atoms with Gasteiger partial charge >= 0.3 is 0 Å². The van der Waals surface area contributed by atoms with Crippen LogP contribution in [0.1, 0.15) is 12.8 Å². The second kappa shape index (κ2) is 3.82. The van der Waals surface area contributed by atoms with Crippen molar-refractivity contribution in [3.8, 4) is 11.8 Å². The van der Waals surface area contributed by atoms with Crippen molar-refractivity contribution in [1.29, 1.82) is 5.26 Å². The number of nitrogens with zero attached hydrogens (tertiary/aromatic N) is 1. The summed E-state index contributed by atoms with van der Waals surface area (Å²) in [6, 6.07) is 10.1. The van der Waals surface area contributed by atoms with E-state index in [9.17, 15) is 0 Å². The molecule has 3 heteroatoms. The van der Waals surface area contributed by atoms with E-state index in [1.54, 1.807) is 7.11 Å². The number of nitrogens with one attached hydrogen (secondary N) is 1. The molecule has 1 aliphatic carbocycles. The third-order valence-electron chi connectivity index (χ3n) is 2.79. The van der Waals surface area contributed by atoms with E-state index in [1.165, 1.54) is 0 Å². The van der Waals surface area contributed by atoms with E-state index in [0.717, 1.165) is 30.8 Å². The lowest BCUT2D eigenvalue weighted by Gasteiger charge is -2.10. The Hall–Kier alpha value is -1.69. The van der Waals surface area contributed by atoms with Gasteiger partial charge in [0.15, 0.2) is 0 Å². The van der Waals surface area contributed by atoms with Crippen LogP contribution < -0.4 is 10.1 Å². The van der Waals surface area contributed by atoms with Crippen LogP contribution in [-0.2, 0) is 0 Å². The normalized spacial score (nSPS) is 16.5. The fourth-order valence-corrected chi connectivity index (χ4v) is 1.48. The van der Waals surface area contributed by atoms with Crippen LogP contribution in [0.15, 0.2) is 24.3 Å². The third-order valence-corrected chi connectivity index (χ3v) is 2.79. The summed E-state index contributed by atoms with van der Waals surface area (Å²) < 4.78 is 5.12. The molecular weight excluding hydrogens is 188 g/mol. The van der Waals surface area contributed by atoms with Gasteiger partial charge in [0.1, 0.15) is 5.75 Å². The molecule has 1 aromatic rings. The van der Waals surface area contributed by atoms with Crippen LogP contribution >= 0.6 is 0 Å². The smallest absolute Gasteiger partial charge is 0.120 e. The Balaban J connectivity index is 1.96. The van der Waals surface area contributed by atoms with E-state index in [0.29, 0.717) is 0 Å². The molecule has 0 bridgehead atoms. The Morgan fingerprint density at radius 3 is 2.93 bits per heavy atom. The first-order valence-corrected chi connectivity index (χ1v) is 5.07. The number of hydrogen-bond acceptors (Lipinski definition) is 3.